The van der Waals surface area contributed by atoms with Crippen molar-refractivity contribution in [3.63, 3.8) is 0 Å². The topological polar surface area (TPSA) is 322 Å². The summed E-state index contributed by atoms with van der Waals surface area (Å²) in [6, 6.07) is -1.13. The van der Waals surface area contributed by atoms with E-state index in [4.69, 9.17) is 15.0 Å². The van der Waals surface area contributed by atoms with Crippen LogP contribution in [-0.2, 0) is 33.6 Å². The number of aliphatic hydroxyl groups is 1. The van der Waals surface area contributed by atoms with Gasteiger partial charge in [0.2, 0.25) is 5.91 Å². The van der Waals surface area contributed by atoms with Crippen LogP contribution in [-0.4, -0.2) is 119 Å². The Balaban J connectivity index is 2.00. The number of allylic oxidation sites excluding steroid dienone is 6. The molecule has 0 aromatic carbocycles. The number of aliphatic hydroxyl groups excluding tert-OH is 1. The molecule has 1 amide bonds. The fourth-order valence-corrected chi connectivity index (χ4v) is 12.1. The van der Waals surface area contributed by atoms with Crippen LogP contribution in [0, 0.1) is 45.3 Å². The van der Waals surface area contributed by atoms with Crippen LogP contribution in [0.2, 0.25) is 0 Å². The summed E-state index contributed by atoms with van der Waals surface area (Å²) in [7, 11) is 0. The molecule has 5 aliphatic rings. The van der Waals surface area contributed by atoms with Gasteiger partial charge in [0.25, 0.3) is 0 Å². The van der Waals surface area contributed by atoms with Gasteiger partial charge in [-0.1, -0.05) is 34.6 Å². The molecule has 0 saturated carbocycles. The van der Waals surface area contributed by atoms with Crippen molar-refractivity contribution in [2.45, 2.75) is 151 Å². The van der Waals surface area contributed by atoms with Crippen molar-refractivity contribution >= 4 is 58.9 Å². The average molecular weight is 938 g/mol. The number of nitrogens with one attached hydrogen (secondary N) is 2. The van der Waals surface area contributed by atoms with Gasteiger partial charge in [0.05, 0.1) is 36.9 Å². The van der Waals surface area contributed by atoms with Crippen molar-refractivity contribution in [2.75, 3.05) is 6.54 Å². The normalized spacial score (nSPS) is 35.2. The standard InChI is InChI=1S/C48H67N5O14/c1-23(54)22-49-32(55)16-17-45(6)29(18-36(62)63)43-48(9)47(8,21-38(66)67)28(12-15-35(60)61)40(53-48)25(3)42-46(7,20-37(64)65)26(10-13-33(56)57)30(50-42)19-31-44(4,5)27(11-14-34(58)59)39(51-31)24(2)41(45)52-43/h19,23,26-29,43,50,54H,10-18,20-22H2,1-9H3,(H,49,55)(H,56,57)(H,58,59)(H,60,61)(H,62,63)(H,64,65)(H,66,67)/b30-19-,39-24-,42-25-/t23-,26-,27-,28-,29+,43-,45-,46+,47+,48+/m1/s1. The van der Waals surface area contributed by atoms with Gasteiger partial charge in [-0.25, -0.2) is 0 Å². The van der Waals surface area contributed by atoms with E-state index in [2.05, 4.69) is 10.6 Å². The fraction of sp³-hybridized carbons (Fsp3) is 0.667. The van der Waals surface area contributed by atoms with Gasteiger partial charge in [0.15, 0.2) is 0 Å². The molecule has 1 fully saturated rings. The van der Waals surface area contributed by atoms with Gasteiger partial charge < -0.3 is 46.4 Å². The van der Waals surface area contributed by atoms with Crippen LogP contribution in [0.3, 0.4) is 0 Å². The molecule has 0 aliphatic carbocycles. The molecular formula is C48H67N5O14. The molecule has 19 nitrogen and oxygen atoms in total. The zero-order valence-corrected chi connectivity index (χ0v) is 39.9. The van der Waals surface area contributed by atoms with Gasteiger partial charge in [-0.3, -0.25) is 48.5 Å². The van der Waals surface area contributed by atoms with E-state index < -0.39 is 130 Å². The maximum absolute atomic E-state index is 13.4. The molecule has 0 spiro atoms. The molecule has 8 bridgehead atoms. The molecule has 368 valence electrons. The highest BCUT2D eigenvalue weighted by Crippen LogP contribution is 2.62. The minimum atomic E-state index is -1.62. The van der Waals surface area contributed by atoms with Gasteiger partial charge in [0, 0.05) is 112 Å². The van der Waals surface area contributed by atoms with Gasteiger partial charge in [-0.2, -0.15) is 0 Å². The van der Waals surface area contributed by atoms with Crippen LogP contribution in [0.1, 0.15) is 133 Å². The molecule has 67 heavy (non-hydrogen) atoms. The third-order valence-electron chi connectivity index (χ3n) is 15.9. The lowest BCUT2D eigenvalue weighted by atomic mass is 9.55. The maximum atomic E-state index is 13.4. The van der Waals surface area contributed by atoms with E-state index >= 15 is 0 Å². The first-order valence-corrected chi connectivity index (χ1v) is 22.9. The number of hydrogen-bond acceptors (Lipinski definition) is 12. The Bertz CT molecular complexity index is 2310. The van der Waals surface area contributed by atoms with Crippen molar-refractivity contribution < 1.29 is 69.3 Å². The number of amides is 1. The number of fused-ring (bicyclic) bond motifs is 6. The molecule has 5 aliphatic heterocycles. The van der Waals surface area contributed by atoms with Crippen molar-refractivity contribution in [1.82, 2.24) is 10.6 Å². The summed E-state index contributed by atoms with van der Waals surface area (Å²) in [5.41, 5.74) is -3.41. The lowest BCUT2D eigenvalue weighted by Crippen LogP contribution is -2.55. The molecule has 0 aromatic heterocycles. The van der Waals surface area contributed by atoms with Crippen LogP contribution in [0.25, 0.3) is 0 Å². The fourth-order valence-electron chi connectivity index (χ4n) is 12.1. The number of carbonyl (C=O) groups is 7. The number of rotatable bonds is 20. The van der Waals surface area contributed by atoms with Crippen LogP contribution < -0.4 is 10.6 Å². The highest BCUT2D eigenvalue weighted by atomic mass is 16.4. The SMILES string of the molecule is C/C1=C2N=C(/C=C3\N/C(=C(/C)C4=N[C@@](C)([C@@H]5N=C1[C@](C)(CCC(=O)NC[C@@H](C)O)[C@H]5CC(=O)O)[C@@](C)(CC(=O)O)[C@@H]4CCC(=O)O)[C@@](C)(CC(=O)O)[C@@H]3CCC(=O)O)C(C)(C)[C@@H]/2CCC(=O)O. The van der Waals surface area contributed by atoms with E-state index in [1.165, 1.54) is 6.92 Å². The smallest absolute Gasteiger partial charge is 0.304 e. The van der Waals surface area contributed by atoms with Crippen molar-refractivity contribution in [3.8, 4) is 0 Å². The highest BCUT2D eigenvalue weighted by Gasteiger charge is 2.66. The van der Waals surface area contributed by atoms with E-state index in [9.17, 15) is 69.3 Å². The van der Waals surface area contributed by atoms with Crippen LogP contribution in [0.5, 0.6) is 0 Å². The molecule has 0 radical (unpaired) electrons. The second kappa shape index (κ2) is 19.1. The summed E-state index contributed by atoms with van der Waals surface area (Å²) in [6.07, 6.45) is -1.85. The molecule has 5 rings (SSSR count). The van der Waals surface area contributed by atoms with E-state index in [0.717, 1.165) is 0 Å². The molecule has 19 heteroatoms. The lowest BCUT2D eigenvalue weighted by molar-refractivity contribution is -0.143. The summed E-state index contributed by atoms with van der Waals surface area (Å²) < 4.78 is 0. The summed E-state index contributed by atoms with van der Waals surface area (Å²) >= 11 is 0. The first-order chi connectivity index (χ1) is 30.9. The molecular weight excluding hydrogens is 871 g/mol. The van der Waals surface area contributed by atoms with Crippen LogP contribution in [0.15, 0.2) is 49.3 Å². The maximum Gasteiger partial charge on any atom is 0.304 e. The zero-order chi connectivity index (χ0) is 50.4. The van der Waals surface area contributed by atoms with Gasteiger partial charge in [-0.05, 0) is 70.6 Å². The predicted molar refractivity (Wildman–Crippen MR) is 244 cm³/mol. The largest absolute Gasteiger partial charge is 0.481 e. The second-order valence-electron chi connectivity index (χ2n) is 20.7. The minimum Gasteiger partial charge on any atom is -0.481 e. The number of hydrogen-bond donors (Lipinski definition) is 9. The molecule has 1 saturated heterocycles. The second-order valence-corrected chi connectivity index (χ2v) is 20.7. The van der Waals surface area contributed by atoms with E-state index in [0.29, 0.717) is 39.7 Å². The Morgan fingerprint density at radius 2 is 1.27 bits per heavy atom. The Morgan fingerprint density at radius 1 is 0.716 bits per heavy atom. The Kier molecular flexibility index (Phi) is 14.9. The summed E-state index contributed by atoms with van der Waals surface area (Å²) in [5.74, 6) is -10.7. The van der Waals surface area contributed by atoms with Crippen molar-refractivity contribution in [3.05, 3.63) is 34.3 Å². The van der Waals surface area contributed by atoms with Gasteiger partial charge in [0.1, 0.15) is 0 Å². The average Bonchev–Trinajstić information content (AvgIpc) is 3.80. The number of carboxylic acids is 6. The minimum absolute atomic E-state index is 0.0190. The first kappa shape index (κ1) is 52.3. The van der Waals surface area contributed by atoms with Crippen molar-refractivity contribution in [2.24, 2.45) is 60.3 Å². The number of aliphatic imine (C=N–C) groups is 3. The predicted octanol–water partition coefficient (Wildman–Crippen LogP) is 5.33. The monoisotopic (exact) mass is 937 g/mol. The Labute approximate surface area is 389 Å². The third-order valence-corrected chi connectivity index (χ3v) is 15.9. The van der Waals surface area contributed by atoms with Gasteiger partial charge in [-0.15, -0.1) is 0 Å². The summed E-state index contributed by atoms with van der Waals surface area (Å²) in [5, 5.41) is 78.2. The number of carbonyl (C=O) groups excluding carboxylic acids is 1. The Hall–Kier alpha value is -5.72. The molecule has 0 unspecified atom stereocenters. The number of aliphatic carboxylic acids is 6. The highest BCUT2D eigenvalue weighted by molar-refractivity contribution is 6.10. The first-order valence-electron chi connectivity index (χ1n) is 22.9. The van der Waals surface area contributed by atoms with Crippen LogP contribution >= 0.6 is 0 Å². The zero-order valence-electron chi connectivity index (χ0n) is 39.9. The third kappa shape index (κ3) is 9.84. The number of nitrogens with zero attached hydrogens (tertiary/aromatic N) is 3. The van der Waals surface area contributed by atoms with E-state index in [1.807, 2.05) is 13.8 Å². The van der Waals surface area contributed by atoms with Crippen LogP contribution in [0.4, 0.5) is 0 Å². The molecule has 9 N–H and O–H groups in total. The lowest BCUT2D eigenvalue weighted by Gasteiger charge is -2.48. The number of carboxylic acid groups (broad SMARTS) is 6. The summed E-state index contributed by atoms with van der Waals surface area (Å²) in [6.45, 7) is 15.6. The van der Waals surface area contributed by atoms with Crippen molar-refractivity contribution in [1.29, 1.82) is 0 Å². The molecule has 5 heterocycles. The van der Waals surface area contributed by atoms with E-state index in [-0.39, 0.29) is 57.2 Å². The van der Waals surface area contributed by atoms with Gasteiger partial charge >= 0.3 is 35.8 Å². The summed E-state index contributed by atoms with van der Waals surface area (Å²) in [4.78, 5) is 106. The molecule has 0 aromatic rings. The quantitative estimate of drug-likeness (QED) is 0.0745. The van der Waals surface area contributed by atoms with E-state index in [1.54, 1.807) is 47.6 Å². The Morgan fingerprint density at radius 3 is 1.79 bits per heavy atom. The molecule has 10 atom stereocenters.